The van der Waals surface area contributed by atoms with Crippen LogP contribution in [0.2, 0.25) is 0 Å². The average molecular weight is 183 g/mol. The van der Waals surface area contributed by atoms with E-state index in [1.807, 2.05) is 0 Å². The Morgan fingerprint density at radius 3 is 2.79 bits per heavy atom. The molecular weight excluding hydrogens is 170 g/mol. The molecule has 0 unspecified atom stereocenters. The van der Waals surface area contributed by atoms with E-state index in [-0.39, 0.29) is 0 Å². The van der Waals surface area contributed by atoms with Crippen LogP contribution in [0.5, 0.6) is 0 Å². The summed E-state index contributed by atoms with van der Waals surface area (Å²) in [7, 11) is 0. The molecule has 0 radical (unpaired) electrons. The summed E-state index contributed by atoms with van der Waals surface area (Å²) in [4.78, 5) is 3.47. The van der Waals surface area contributed by atoms with E-state index in [1.54, 1.807) is 0 Å². The zero-order valence-corrected chi connectivity index (χ0v) is 8.52. The summed E-state index contributed by atoms with van der Waals surface area (Å²) < 4.78 is 0. The Labute approximate surface area is 83.8 Å². The maximum absolute atomic E-state index is 3.47. The molecule has 14 heavy (non-hydrogen) atoms. The summed E-state index contributed by atoms with van der Waals surface area (Å²) in [5, 5.41) is 0. The minimum Gasteiger partial charge on any atom is -0.361 e. The first kappa shape index (κ1) is 7.86. The van der Waals surface area contributed by atoms with Gasteiger partial charge in [-0.05, 0) is 30.5 Å². The lowest BCUT2D eigenvalue weighted by atomic mass is 10.0. The Hall–Kier alpha value is -1.50. The highest BCUT2D eigenvalue weighted by molar-refractivity contribution is 5.79. The molecule has 0 atom stereocenters. The van der Waals surface area contributed by atoms with Crippen LogP contribution in [-0.2, 0) is 6.42 Å². The van der Waals surface area contributed by atoms with Gasteiger partial charge in [-0.15, -0.1) is 0 Å². The molecule has 70 valence electrons. The molecule has 1 aromatic heterocycles. The number of rotatable bonds is 0. The third-order valence-electron chi connectivity index (χ3n) is 3.23. The van der Waals surface area contributed by atoms with E-state index in [4.69, 9.17) is 0 Å². The Balaban J connectivity index is 2.34. The van der Waals surface area contributed by atoms with E-state index in [1.165, 1.54) is 33.6 Å². The predicted octanol–water partition coefficient (Wildman–Crippen LogP) is 3.20. The molecular formula is C13H13N. The van der Waals surface area contributed by atoms with Crippen molar-refractivity contribution in [1.82, 2.24) is 4.98 Å². The molecule has 1 nitrogen and oxygen atoms in total. The SMILES string of the molecule is Cc1[nH]c2c(c1C)-c1ccccc1C2. The molecule has 0 saturated carbocycles. The molecule has 3 rings (SSSR count). The van der Waals surface area contributed by atoms with Crippen LogP contribution in [0.25, 0.3) is 11.1 Å². The zero-order valence-electron chi connectivity index (χ0n) is 8.52. The number of aryl methyl sites for hydroxylation is 1. The van der Waals surface area contributed by atoms with Gasteiger partial charge >= 0.3 is 0 Å². The molecule has 1 N–H and O–H groups in total. The molecule has 0 spiro atoms. The van der Waals surface area contributed by atoms with E-state index < -0.39 is 0 Å². The number of H-pyrrole nitrogens is 1. The molecule has 2 aromatic rings. The molecule has 1 heteroatoms. The van der Waals surface area contributed by atoms with Gasteiger partial charge in [0.2, 0.25) is 0 Å². The van der Waals surface area contributed by atoms with Crippen LogP contribution in [0.15, 0.2) is 24.3 Å². The number of hydrogen-bond acceptors (Lipinski definition) is 0. The van der Waals surface area contributed by atoms with Crippen LogP contribution in [-0.4, -0.2) is 4.98 Å². The molecule has 1 aromatic carbocycles. The topological polar surface area (TPSA) is 15.8 Å². The highest BCUT2D eigenvalue weighted by Crippen LogP contribution is 2.39. The largest absolute Gasteiger partial charge is 0.361 e. The van der Waals surface area contributed by atoms with Crippen molar-refractivity contribution in [1.29, 1.82) is 0 Å². The maximum Gasteiger partial charge on any atom is 0.0276 e. The summed E-state index contributed by atoms with van der Waals surface area (Å²) in [6, 6.07) is 8.68. The van der Waals surface area contributed by atoms with Gasteiger partial charge in [-0.2, -0.15) is 0 Å². The molecule has 0 amide bonds. The number of aromatic amines is 1. The number of aromatic nitrogens is 1. The van der Waals surface area contributed by atoms with Crippen molar-refractivity contribution >= 4 is 0 Å². The standard InChI is InChI=1S/C13H13N/c1-8-9(2)14-12-7-10-5-3-4-6-11(10)13(8)12/h3-6,14H,7H2,1-2H3. The van der Waals surface area contributed by atoms with E-state index in [9.17, 15) is 0 Å². The molecule has 1 aliphatic rings. The first-order valence-electron chi connectivity index (χ1n) is 5.03. The third kappa shape index (κ3) is 0.844. The Morgan fingerprint density at radius 1 is 1.14 bits per heavy atom. The molecule has 1 heterocycles. The van der Waals surface area contributed by atoms with Crippen LogP contribution in [0, 0.1) is 13.8 Å². The lowest BCUT2D eigenvalue weighted by Gasteiger charge is -2.00. The van der Waals surface area contributed by atoms with Crippen LogP contribution in [0.1, 0.15) is 22.5 Å². The normalized spacial score (nSPS) is 12.7. The second-order valence-electron chi connectivity index (χ2n) is 4.06. The Morgan fingerprint density at radius 2 is 1.93 bits per heavy atom. The van der Waals surface area contributed by atoms with Gasteiger partial charge in [0.05, 0.1) is 0 Å². The summed E-state index contributed by atoms with van der Waals surface area (Å²) in [5.41, 5.74) is 8.43. The first-order valence-corrected chi connectivity index (χ1v) is 5.03. The number of hydrogen-bond donors (Lipinski definition) is 1. The van der Waals surface area contributed by atoms with Gasteiger partial charge in [0.1, 0.15) is 0 Å². The van der Waals surface area contributed by atoms with Crippen LogP contribution in [0.4, 0.5) is 0 Å². The van der Waals surface area contributed by atoms with E-state index in [0.29, 0.717) is 0 Å². The summed E-state index contributed by atoms with van der Waals surface area (Å²) in [5.74, 6) is 0. The quantitative estimate of drug-likeness (QED) is 0.551. The molecule has 0 bridgehead atoms. The Kier molecular flexibility index (Phi) is 1.41. The second kappa shape index (κ2) is 2.50. The predicted molar refractivity (Wildman–Crippen MR) is 58.5 cm³/mol. The number of nitrogens with one attached hydrogen (secondary N) is 1. The fourth-order valence-corrected chi connectivity index (χ4v) is 2.40. The maximum atomic E-state index is 3.47. The summed E-state index contributed by atoms with van der Waals surface area (Å²) in [6.45, 7) is 4.35. The van der Waals surface area contributed by atoms with Crippen molar-refractivity contribution in [3.8, 4) is 11.1 Å². The fraction of sp³-hybridized carbons (Fsp3) is 0.231. The van der Waals surface area contributed by atoms with Crippen LogP contribution < -0.4 is 0 Å². The average Bonchev–Trinajstić information content (AvgIpc) is 2.65. The molecule has 1 aliphatic carbocycles. The van der Waals surface area contributed by atoms with Crippen molar-refractivity contribution in [2.24, 2.45) is 0 Å². The van der Waals surface area contributed by atoms with Gasteiger partial charge in [0, 0.05) is 23.4 Å². The highest BCUT2D eigenvalue weighted by Gasteiger charge is 2.22. The smallest absolute Gasteiger partial charge is 0.0276 e. The fourth-order valence-electron chi connectivity index (χ4n) is 2.40. The number of benzene rings is 1. The summed E-state index contributed by atoms with van der Waals surface area (Å²) in [6.07, 6.45) is 1.07. The lowest BCUT2D eigenvalue weighted by Crippen LogP contribution is -1.83. The van der Waals surface area contributed by atoms with Gasteiger partial charge in [0.25, 0.3) is 0 Å². The first-order chi connectivity index (χ1) is 6.77. The minimum absolute atomic E-state index is 1.07. The lowest BCUT2D eigenvalue weighted by molar-refractivity contribution is 1.10. The van der Waals surface area contributed by atoms with Crippen LogP contribution >= 0.6 is 0 Å². The van der Waals surface area contributed by atoms with Gasteiger partial charge in [-0.1, -0.05) is 24.3 Å². The molecule has 0 fully saturated rings. The number of fused-ring (bicyclic) bond motifs is 3. The van der Waals surface area contributed by atoms with Gasteiger partial charge in [-0.3, -0.25) is 0 Å². The van der Waals surface area contributed by atoms with Crippen LogP contribution in [0.3, 0.4) is 0 Å². The van der Waals surface area contributed by atoms with Crippen molar-refractivity contribution in [2.75, 3.05) is 0 Å². The monoisotopic (exact) mass is 183 g/mol. The molecule has 0 aliphatic heterocycles. The summed E-state index contributed by atoms with van der Waals surface area (Å²) >= 11 is 0. The van der Waals surface area contributed by atoms with Gasteiger partial charge < -0.3 is 4.98 Å². The van der Waals surface area contributed by atoms with Crippen molar-refractivity contribution in [2.45, 2.75) is 20.3 Å². The van der Waals surface area contributed by atoms with Crippen molar-refractivity contribution in [3.63, 3.8) is 0 Å². The zero-order chi connectivity index (χ0) is 9.71. The highest BCUT2D eigenvalue weighted by atomic mass is 14.7. The van der Waals surface area contributed by atoms with E-state index in [2.05, 4.69) is 43.1 Å². The van der Waals surface area contributed by atoms with Crippen molar-refractivity contribution in [3.05, 3.63) is 46.8 Å². The van der Waals surface area contributed by atoms with Gasteiger partial charge in [-0.25, -0.2) is 0 Å². The van der Waals surface area contributed by atoms with Crippen molar-refractivity contribution < 1.29 is 0 Å². The van der Waals surface area contributed by atoms with Gasteiger partial charge in [0.15, 0.2) is 0 Å². The third-order valence-corrected chi connectivity index (χ3v) is 3.23. The Bertz CT molecular complexity index is 506. The van der Waals surface area contributed by atoms with E-state index in [0.717, 1.165) is 6.42 Å². The minimum atomic E-state index is 1.07. The van der Waals surface area contributed by atoms with E-state index >= 15 is 0 Å². The second-order valence-corrected chi connectivity index (χ2v) is 4.06. The molecule has 0 saturated heterocycles.